The van der Waals surface area contributed by atoms with Crippen LogP contribution in [0.1, 0.15) is 13.8 Å². The Hall–Kier alpha value is -0.280. The minimum absolute atomic E-state index is 0.0761. The third-order valence-electron chi connectivity index (χ3n) is 2.48. The summed E-state index contributed by atoms with van der Waals surface area (Å²) in [6, 6.07) is -0.177. The molecule has 100 valence electrons. The highest BCUT2D eigenvalue weighted by atomic mass is 32.2. The average molecular weight is 281 g/mol. The normalized spacial score (nSPS) is 18.8. The molecular weight excluding hydrogens is 262 g/mol. The molecule has 0 spiro atoms. The summed E-state index contributed by atoms with van der Waals surface area (Å²) in [5.41, 5.74) is 5.44. The Morgan fingerprint density at radius 1 is 1.47 bits per heavy atom. The van der Waals surface area contributed by atoms with E-state index in [1.807, 2.05) is 0 Å². The van der Waals surface area contributed by atoms with Gasteiger partial charge in [0.1, 0.15) is 0 Å². The summed E-state index contributed by atoms with van der Waals surface area (Å²) >= 11 is 4.79. The molecule has 0 unspecified atom stereocenters. The van der Waals surface area contributed by atoms with Crippen LogP contribution in [0.4, 0.5) is 0 Å². The van der Waals surface area contributed by atoms with Gasteiger partial charge in [-0.15, -0.1) is 0 Å². The van der Waals surface area contributed by atoms with Gasteiger partial charge >= 0.3 is 0 Å². The maximum atomic E-state index is 12.3. The van der Waals surface area contributed by atoms with Crippen LogP contribution in [0.25, 0.3) is 0 Å². The maximum absolute atomic E-state index is 12.3. The smallest absolute Gasteiger partial charge is 0.282 e. The van der Waals surface area contributed by atoms with Crippen molar-refractivity contribution in [2.45, 2.75) is 19.9 Å². The number of ether oxygens (including phenoxy) is 1. The second-order valence-corrected chi connectivity index (χ2v) is 6.53. The second-order valence-electron chi connectivity index (χ2n) is 4.12. The lowest BCUT2D eigenvalue weighted by Crippen LogP contribution is -2.52. The third kappa shape index (κ3) is 3.85. The molecule has 0 aromatic rings. The minimum atomic E-state index is -3.50. The average Bonchev–Trinajstić information content (AvgIpc) is 2.26. The Labute approximate surface area is 108 Å². The van der Waals surface area contributed by atoms with Gasteiger partial charge in [0.2, 0.25) is 0 Å². The minimum Gasteiger partial charge on any atom is -0.392 e. The molecule has 1 fully saturated rings. The van der Waals surface area contributed by atoms with Gasteiger partial charge in [0.25, 0.3) is 10.2 Å². The molecule has 0 aliphatic carbocycles. The van der Waals surface area contributed by atoms with Crippen LogP contribution < -0.4 is 5.73 Å². The van der Waals surface area contributed by atoms with Gasteiger partial charge < -0.3 is 10.5 Å². The molecule has 0 bridgehead atoms. The van der Waals surface area contributed by atoms with Crippen LogP contribution in [-0.4, -0.2) is 60.9 Å². The summed E-state index contributed by atoms with van der Waals surface area (Å²) in [4.78, 5) is 0.176. The van der Waals surface area contributed by atoms with Crippen LogP contribution in [0.3, 0.4) is 0 Å². The van der Waals surface area contributed by atoms with Crippen LogP contribution >= 0.6 is 12.2 Å². The molecule has 1 rings (SSSR count). The number of thiocarbonyl (C=S) groups is 1. The predicted molar refractivity (Wildman–Crippen MR) is 69.9 cm³/mol. The topological polar surface area (TPSA) is 75.9 Å². The van der Waals surface area contributed by atoms with E-state index in [9.17, 15) is 8.42 Å². The van der Waals surface area contributed by atoms with E-state index >= 15 is 0 Å². The van der Waals surface area contributed by atoms with Crippen LogP contribution in [0.15, 0.2) is 0 Å². The number of hydrogen-bond donors (Lipinski definition) is 1. The quantitative estimate of drug-likeness (QED) is 0.691. The van der Waals surface area contributed by atoms with E-state index in [0.717, 1.165) is 0 Å². The van der Waals surface area contributed by atoms with E-state index in [1.165, 1.54) is 8.61 Å². The summed E-state index contributed by atoms with van der Waals surface area (Å²) < 4.78 is 32.6. The second kappa shape index (κ2) is 6.05. The fourth-order valence-corrected chi connectivity index (χ4v) is 3.57. The molecule has 2 N–H and O–H groups in total. The van der Waals surface area contributed by atoms with E-state index in [-0.39, 0.29) is 17.6 Å². The lowest BCUT2D eigenvalue weighted by molar-refractivity contribution is 0.0699. The molecule has 0 aromatic carbocycles. The first kappa shape index (κ1) is 14.8. The molecule has 8 heteroatoms. The molecule has 17 heavy (non-hydrogen) atoms. The Morgan fingerprint density at radius 3 is 2.41 bits per heavy atom. The van der Waals surface area contributed by atoms with Crippen LogP contribution in [0, 0.1) is 0 Å². The Kier molecular flexibility index (Phi) is 5.26. The van der Waals surface area contributed by atoms with E-state index < -0.39 is 10.2 Å². The van der Waals surface area contributed by atoms with Crippen molar-refractivity contribution in [1.29, 1.82) is 0 Å². The van der Waals surface area contributed by atoms with E-state index in [2.05, 4.69) is 0 Å². The molecular formula is C9H19N3O3S2. The summed E-state index contributed by atoms with van der Waals surface area (Å²) in [7, 11) is -3.50. The highest BCUT2D eigenvalue weighted by Gasteiger charge is 2.32. The third-order valence-corrected chi connectivity index (χ3v) is 4.77. The van der Waals surface area contributed by atoms with Crippen molar-refractivity contribution in [2.24, 2.45) is 5.73 Å². The molecule has 0 radical (unpaired) electrons. The first-order chi connectivity index (χ1) is 7.85. The van der Waals surface area contributed by atoms with Crippen LogP contribution in [0.5, 0.6) is 0 Å². The van der Waals surface area contributed by atoms with E-state index in [0.29, 0.717) is 26.3 Å². The van der Waals surface area contributed by atoms with Gasteiger partial charge in [-0.1, -0.05) is 12.2 Å². The molecule has 0 saturated carbocycles. The first-order valence-corrected chi connectivity index (χ1v) is 7.29. The Morgan fingerprint density at radius 2 is 2.00 bits per heavy atom. The summed E-state index contributed by atoms with van der Waals surface area (Å²) in [6.45, 7) is 5.29. The zero-order valence-corrected chi connectivity index (χ0v) is 11.8. The van der Waals surface area contributed by atoms with Gasteiger partial charge in [0.15, 0.2) is 0 Å². The lowest BCUT2D eigenvalue weighted by Gasteiger charge is -2.33. The van der Waals surface area contributed by atoms with Crippen LogP contribution in [-0.2, 0) is 14.9 Å². The lowest BCUT2D eigenvalue weighted by atomic mass is 10.4. The van der Waals surface area contributed by atoms with Crippen molar-refractivity contribution in [3.05, 3.63) is 0 Å². The zero-order chi connectivity index (χ0) is 13.1. The van der Waals surface area contributed by atoms with Crippen molar-refractivity contribution >= 4 is 27.4 Å². The molecule has 6 nitrogen and oxygen atoms in total. The van der Waals surface area contributed by atoms with E-state index in [1.54, 1.807) is 13.8 Å². The Bertz CT molecular complexity index is 364. The van der Waals surface area contributed by atoms with Crippen molar-refractivity contribution in [3.8, 4) is 0 Å². The monoisotopic (exact) mass is 281 g/mol. The number of morpholine rings is 1. The number of nitrogens with zero attached hydrogens (tertiary/aromatic N) is 2. The summed E-state index contributed by atoms with van der Waals surface area (Å²) in [6.07, 6.45) is 0. The SMILES string of the molecule is CC(C)N(CC(N)=S)S(=O)(=O)N1CCOCC1. The molecule has 1 aliphatic heterocycles. The standard InChI is InChI=1S/C9H19N3O3S2/c1-8(2)12(7-9(10)16)17(13,14)11-3-5-15-6-4-11/h8H,3-7H2,1-2H3,(H2,10,16). The molecule has 1 saturated heterocycles. The summed E-state index contributed by atoms with van der Waals surface area (Å²) in [5.74, 6) is 0. The predicted octanol–water partition coefficient (Wildman–Crippen LogP) is -0.440. The highest BCUT2D eigenvalue weighted by Crippen LogP contribution is 2.13. The number of nitrogens with two attached hydrogens (primary N) is 1. The van der Waals surface area contributed by atoms with Gasteiger partial charge in [-0.05, 0) is 13.8 Å². The molecule has 0 atom stereocenters. The van der Waals surface area contributed by atoms with Crippen molar-refractivity contribution in [2.75, 3.05) is 32.8 Å². The largest absolute Gasteiger partial charge is 0.392 e. The molecule has 1 heterocycles. The Balaban J connectivity index is 2.86. The molecule has 0 aromatic heterocycles. The van der Waals surface area contributed by atoms with Crippen molar-refractivity contribution in [1.82, 2.24) is 8.61 Å². The number of rotatable bonds is 5. The van der Waals surface area contributed by atoms with Gasteiger partial charge in [-0.3, -0.25) is 0 Å². The van der Waals surface area contributed by atoms with E-state index in [4.69, 9.17) is 22.7 Å². The van der Waals surface area contributed by atoms with Gasteiger partial charge in [-0.25, -0.2) is 0 Å². The first-order valence-electron chi connectivity index (χ1n) is 5.48. The van der Waals surface area contributed by atoms with Gasteiger partial charge in [0, 0.05) is 19.1 Å². The molecule has 0 amide bonds. The fraction of sp³-hybridized carbons (Fsp3) is 0.889. The van der Waals surface area contributed by atoms with Gasteiger partial charge in [-0.2, -0.15) is 17.0 Å². The van der Waals surface area contributed by atoms with Crippen molar-refractivity contribution in [3.63, 3.8) is 0 Å². The van der Waals surface area contributed by atoms with Gasteiger partial charge in [0.05, 0.1) is 24.7 Å². The van der Waals surface area contributed by atoms with Crippen LogP contribution in [0.2, 0.25) is 0 Å². The fourth-order valence-electron chi connectivity index (χ4n) is 1.61. The molecule has 1 aliphatic rings. The zero-order valence-electron chi connectivity index (χ0n) is 10.1. The number of hydrogen-bond acceptors (Lipinski definition) is 4. The highest BCUT2D eigenvalue weighted by molar-refractivity contribution is 7.87. The summed E-state index contributed by atoms with van der Waals surface area (Å²) in [5, 5.41) is 0. The maximum Gasteiger partial charge on any atom is 0.282 e. The van der Waals surface area contributed by atoms with Crippen molar-refractivity contribution < 1.29 is 13.2 Å².